The van der Waals surface area contributed by atoms with Crippen LogP contribution in [0.4, 0.5) is 9.52 Å². The van der Waals surface area contributed by atoms with Crippen molar-refractivity contribution in [2.24, 2.45) is 0 Å². The predicted octanol–water partition coefficient (Wildman–Crippen LogP) is 1.69. The first-order chi connectivity index (χ1) is 12.0. The summed E-state index contributed by atoms with van der Waals surface area (Å²) in [4.78, 5) is 25.3. The van der Waals surface area contributed by atoms with Crippen molar-refractivity contribution in [1.82, 2.24) is 19.9 Å². The van der Waals surface area contributed by atoms with E-state index in [2.05, 4.69) is 25.2 Å². The Labute approximate surface area is 148 Å². The van der Waals surface area contributed by atoms with Crippen molar-refractivity contribution in [3.63, 3.8) is 0 Å². The van der Waals surface area contributed by atoms with Crippen LogP contribution in [0.3, 0.4) is 0 Å². The molecule has 1 fully saturated rings. The normalized spacial score (nSPS) is 17.5. The van der Waals surface area contributed by atoms with Crippen molar-refractivity contribution in [3.05, 3.63) is 23.2 Å². The molecule has 0 saturated carbocycles. The van der Waals surface area contributed by atoms with Gasteiger partial charge in [0.1, 0.15) is 12.4 Å². The lowest BCUT2D eigenvalue weighted by Gasteiger charge is -2.15. The number of carbonyl (C=O) groups is 1. The minimum atomic E-state index is -0.543. The zero-order chi connectivity index (χ0) is 17.8. The number of rotatable bonds is 6. The number of hydrogen-bond acceptors (Lipinski definition) is 8. The molecule has 8 nitrogen and oxygen atoms in total. The highest BCUT2D eigenvalue weighted by Gasteiger charge is 2.26. The van der Waals surface area contributed by atoms with E-state index in [0.29, 0.717) is 29.7 Å². The van der Waals surface area contributed by atoms with E-state index in [4.69, 9.17) is 9.47 Å². The molecule has 0 radical (unpaired) electrons. The third kappa shape index (κ3) is 4.60. The molecule has 0 spiro atoms. The van der Waals surface area contributed by atoms with Crippen LogP contribution < -0.4 is 14.8 Å². The molecule has 1 unspecified atom stereocenters. The average Bonchev–Trinajstić information content (AvgIpc) is 3.14. The number of nitrogens with zero attached hydrogens (tertiary/aromatic N) is 4. The van der Waals surface area contributed by atoms with Gasteiger partial charge in [0.15, 0.2) is 5.13 Å². The maximum Gasteiger partial charge on any atom is 0.230 e. The number of methoxy groups -OCH3 is 1. The van der Waals surface area contributed by atoms with E-state index in [1.165, 1.54) is 20.4 Å². The van der Waals surface area contributed by atoms with Gasteiger partial charge in [0.2, 0.25) is 23.6 Å². The Morgan fingerprint density at radius 2 is 2.28 bits per heavy atom. The smallest absolute Gasteiger partial charge is 0.230 e. The number of thiazole rings is 1. The Balaban J connectivity index is 1.56. The van der Waals surface area contributed by atoms with Gasteiger partial charge < -0.3 is 14.8 Å². The van der Waals surface area contributed by atoms with Crippen LogP contribution in [0.5, 0.6) is 11.8 Å². The van der Waals surface area contributed by atoms with Gasteiger partial charge in [0, 0.05) is 26.6 Å². The maximum atomic E-state index is 13.9. The third-order valence-corrected chi connectivity index (χ3v) is 4.57. The molecule has 134 valence electrons. The van der Waals surface area contributed by atoms with Crippen molar-refractivity contribution < 1.29 is 18.7 Å². The van der Waals surface area contributed by atoms with E-state index in [1.54, 1.807) is 6.07 Å². The summed E-state index contributed by atoms with van der Waals surface area (Å²) in [5.41, 5.74) is 0. The number of nitrogens with one attached hydrogen (secondary N) is 1. The Morgan fingerprint density at radius 3 is 3.04 bits per heavy atom. The lowest BCUT2D eigenvalue weighted by atomic mass is 10.3. The largest absolute Gasteiger partial charge is 0.481 e. The van der Waals surface area contributed by atoms with Gasteiger partial charge in [0.25, 0.3) is 0 Å². The van der Waals surface area contributed by atoms with Gasteiger partial charge in [-0.3, -0.25) is 9.69 Å². The van der Waals surface area contributed by atoms with E-state index in [-0.39, 0.29) is 17.1 Å². The van der Waals surface area contributed by atoms with Crippen LogP contribution in [-0.2, 0) is 11.3 Å². The topological polar surface area (TPSA) is 89.5 Å². The Bertz CT molecular complexity index is 757. The lowest BCUT2D eigenvalue weighted by molar-refractivity contribution is -0.114. The molecule has 1 saturated heterocycles. The van der Waals surface area contributed by atoms with Gasteiger partial charge in [-0.05, 0) is 6.42 Å². The first-order valence-corrected chi connectivity index (χ1v) is 8.53. The molecule has 2 aromatic heterocycles. The minimum absolute atomic E-state index is 0.0367. The molecule has 1 aliphatic rings. The summed E-state index contributed by atoms with van der Waals surface area (Å²) in [5.74, 6) is 0.0848. The number of hydrogen-bond donors (Lipinski definition) is 1. The predicted molar refractivity (Wildman–Crippen MR) is 89.3 cm³/mol. The van der Waals surface area contributed by atoms with Gasteiger partial charge in [-0.1, -0.05) is 11.3 Å². The van der Waals surface area contributed by atoms with Crippen LogP contribution in [-0.4, -0.2) is 52.1 Å². The highest BCUT2D eigenvalue weighted by atomic mass is 32.1. The summed E-state index contributed by atoms with van der Waals surface area (Å²) in [6, 6.07) is 1.63. The third-order valence-electron chi connectivity index (χ3n) is 3.64. The zero-order valence-corrected chi connectivity index (χ0v) is 14.7. The molecule has 2 aromatic rings. The second-order valence-corrected chi connectivity index (χ2v) is 6.66. The first-order valence-electron chi connectivity index (χ1n) is 7.71. The maximum absolute atomic E-state index is 13.9. The number of carbonyl (C=O) groups excluding carboxylic acids is 1. The molecule has 0 bridgehead atoms. The Hall–Kier alpha value is -2.33. The van der Waals surface area contributed by atoms with Crippen LogP contribution in [0.2, 0.25) is 0 Å². The summed E-state index contributed by atoms with van der Waals surface area (Å²) in [6.07, 6.45) is 2.16. The standard InChI is InChI=1S/C15H18FN5O3S/c1-9(22)19-15-20-14(16)11(25-15)7-21-4-3-10(6-21)24-13-5-12(23-2)17-8-18-13/h5,8,10H,3-4,6-7H2,1-2H3,(H,19,20,22). The van der Waals surface area contributed by atoms with Crippen LogP contribution in [0.15, 0.2) is 12.4 Å². The number of aromatic nitrogens is 3. The fourth-order valence-corrected chi connectivity index (χ4v) is 3.48. The van der Waals surface area contributed by atoms with Crippen LogP contribution in [0.25, 0.3) is 0 Å². The molecular weight excluding hydrogens is 349 g/mol. The lowest BCUT2D eigenvalue weighted by Crippen LogP contribution is -2.24. The molecule has 1 amide bonds. The van der Waals surface area contributed by atoms with Crippen molar-refractivity contribution in [1.29, 1.82) is 0 Å². The van der Waals surface area contributed by atoms with Gasteiger partial charge in [-0.15, -0.1) is 0 Å². The van der Waals surface area contributed by atoms with Crippen molar-refractivity contribution >= 4 is 22.4 Å². The Morgan fingerprint density at radius 1 is 1.48 bits per heavy atom. The SMILES string of the molecule is COc1cc(OC2CCN(Cc3sc(NC(C)=O)nc3F)C2)ncn1. The number of ether oxygens (including phenoxy) is 2. The summed E-state index contributed by atoms with van der Waals surface area (Å²) >= 11 is 1.15. The molecule has 1 N–H and O–H groups in total. The zero-order valence-electron chi connectivity index (χ0n) is 13.9. The van der Waals surface area contributed by atoms with E-state index < -0.39 is 5.95 Å². The van der Waals surface area contributed by atoms with E-state index in [9.17, 15) is 9.18 Å². The van der Waals surface area contributed by atoms with E-state index in [1.807, 2.05) is 0 Å². The van der Waals surface area contributed by atoms with Crippen LogP contribution in [0, 0.1) is 5.95 Å². The van der Waals surface area contributed by atoms with Crippen LogP contribution in [0.1, 0.15) is 18.2 Å². The highest BCUT2D eigenvalue weighted by molar-refractivity contribution is 7.15. The van der Waals surface area contributed by atoms with Gasteiger partial charge in [0.05, 0.1) is 18.1 Å². The number of amides is 1. The molecule has 25 heavy (non-hydrogen) atoms. The fourth-order valence-electron chi connectivity index (χ4n) is 2.54. The van der Waals surface area contributed by atoms with E-state index >= 15 is 0 Å². The van der Waals surface area contributed by atoms with Crippen molar-refractivity contribution in [2.75, 3.05) is 25.5 Å². The molecule has 1 atom stereocenters. The summed E-state index contributed by atoms with van der Waals surface area (Å²) in [5, 5.41) is 2.78. The molecule has 3 heterocycles. The number of halogens is 1. The van der Waals surface area contributed by atoms with Gasteiger partial charge in [-0.25, -0.2) is 9.97 Å². The quantitative estimate of drug-likeness (QED) is 0.831. The molecule has 1 aliphatic heterocycles. The second-order valence-electron chi connectivity index (χ2n) is 5.58. The highest BCUT2D eigenvalue weighted by Crippen LogP contribution is 2.26. The molecule has 3 rings (SSSR count). The van der Waals surface area contributed by atoms with Crippen molar-refractivity contribution in [2.45, 2.75) is 26.0 Å². The molecule has 10 heteroatoms. The summed E-state index contributed by atoms with van der Waals surface area (Å²) in [6.45, 7) is 3.22. The average molecular weight is 367 g/mol. The minimum Gasteiger partial charge on any atom is -0.481 e. The summed E-state index contributed by atoms with van der Waals surface area (Å²) in [7, 11) is 1.53. The molecule has 0 aliphatic carbocycles. The van der Waals surface area contributed by atoms with Crippen LogP contribution >= 0.6 is 11.3 Å². The number of anilines is 1. The molecular formula is C15H18FN5O3S. The Kier molecular flexibility index (Phi) is 5.39. The monoisotopic (exact) mass is 367 g/mol. The van der Waals surface area contributed by atoms with Gasteiger partial charge in [-0.2, -0.15) is 9.37 Å². The summed E-state index contributed by atoms with van der Waals surface area (Å²) < 4.78 is 24.8. The van der Waals surface area contributed by atoms with Crippen molar-refractivity contribution in [3.8, 4) is 11.8 Å². The van der Waals surface area contributed by atoms with E-state index in [0.717, 1.165) is 24.3 Å². The number of likely N-dealkylation sites (tertiary alicyclic amines) is 1. The molecule has 0 aromatic carbocycles. The second kappa shape index (κ2) is 7.70. The van der Waals surface area contributed by atoms with Gasteiger partial charge >= 0.3 is 0 Å². The first kappa shape index (κ1) is 17.5. The fraction of sp³-hybridized carbons (Fsp3) is 0.467.